The smallest absolute Gasteiger partial charge is 0.257 e. The standard InChI is InChI=1S/C22H24ClIN4O2S/c1-14(2)21(30)28-10-8-27(9-11-28)19-7-6-17(13-18(19)23)25-22(31)26-20(29)15-4-3-5-16(24)12-15/h3-7,12-14H,8-11H2,1-2H3,(H2,25,26,29,31). The molecule has 0 aromatic heterocycles. The van der Waals surface area contributed by atoms with Crippen molar-refractivity contribution in [1.29, 1.82) is 0 Å². The largest absolute Gasteiger partial charge is 0.367 e. The quantitative estimate of drug-likeness (QED) is 0.422. The van der Waals surface area contributed by atoms with Crippen LogP contribution < -0.4 is 15.5 Å². The molecule has 6 nitrogen and oxygen atoms in total. The van der Waals surface area contributed by atoms with Gasteiger partial charge < -0.3 is 15.1 Å². The molecular weight excluding hydrogens is 547 g/mol. The maximum Gasteiger partial charge on any atom is 0.257 e. The second-order valence-electron chi connectivity index (χ2n) is 7.55. The first kappa shape index (κ1) is 23.7. The molecule has 9 heteroatoms. The van der Waals surface area contributed by atoms with Gasteiger partial charge in [0.25, 0.3) is 5.91 Å². The molecule has 0 saturated carbocycles. The molecule has 31 heavy (non-hydrogen) atoms. The summed E-state index contributed by atoms with van der Waals surface area (Å²) in [5.41, 5.74) is 2.15. The lowest BCUT2D eigenvalue weighted by molar-refractivity contribution is -0.134. The third-order valence-electron chi connectivity index (χ3n) is 4.95. The first-order chi connectivity index (χ1) is 14.7. The monoisotopic (exact) mass is 570 g/mol. The van der Waals surface area contributed by atoms with E-state index in [0.29, 0.717) is 29.4 Å². The molecule has 2 N–H and O–H groups in total. The molecule has 164 valence electrons. The van der Waals surface area contributed by atoms with Crippen LogP contribution in [0.3, 0.4) is 0 Å². The minimum atomic E-state index is -0.271. The van der Waals surface area contributed by atoms with Crippen LogP contribution in [0.15, 0.2) is 42.5 Å². The average molecular weight is 571 g/mol. The van der Waals surface area contributed by atoms with Gasteiger partial charge in [-0.15, -0.1) is 0 Å². The molecule has 0 bridgehead atoms. The number of hydrogen-bond acceptors (Lipinski definition) is 4. The minimum absolute atomic E-state index is 0.00957. The highest BCUT2D eigenvalue weighted by atomic mass is 127. The fourth-order valence-corrected chi connectivity index (χ4v) is 4.40. The highest BCUT2D eigenvalue weighted by Crippen LogP contribution is 2.30. The maximum absolute atomic E-state index is 12.3. The van der Waals surface area contributed by atoms with Crippen molar-refractivity contribution in [2.45, 2.75) is 13.8 Å². The van der Waals surface area contributed by atoms with E-state index >= 15 is 0 Å². The normalized spacial score (nSPS) is 13.8. The lowest BCUT2D eigenvalue weighted by Crippen LogP contribution is -2.50. The Bertz CT molecular complexity index is 993. The van der Waals surface area contributed by atoms with Crippen molar-refractivity contribution >= 4 is 74.7 Å². The number of benzene rings is 2. The number of carbonyl (C=O) groups excluding carboxylic acids is 2. The molecule has 0 unspecified atom stereocenters. The molecule has 1 saturated heterocycles. The van der Waals surface area contributed by atoms with Gasteiger partial charge in [-0.3, -0.25) is 14.9 Å². The number of hydrogen-bond donors (Lipinski definition) is 2. The summed E-state index contributed by atoms with van der Waals surface area (Å²) in [5.74, 6) is -0.0750. The molecule has 0 atom stereocenters. The van der Waals surface area contributed by atoms with E-state index in [4.69, 9.17) is 23.8 Å². The van der Waals surface area contributed by atoms with E-state index in [9.17, 15) is 9.59 Å². The lowest BCUT2D eigenvalue weighted by atomic mass is 10.1. The van der Waals surface area contributed by atoms with Crippen molar-refractivity contribution in [2.24, 2.45) is 5.92 Å². The van der Waals surface area contributed by atoms with Gasteiger partial charge in [-0.2, -0.15) is 0 Å². The highest BCUT2D eigenvalue weighted by molar-refractivity contribution is 14.1. The van der Waals surface area contributed by atoms with Crippen LogP contribution in [0.5, 0.6) is 0 Å². The number of carbonyl (C=O) groups is 2. The fraction of sp³-hybridized carbons (Fsp3) is 0.318. The zero-order valence-corrected chi connectivity index (χ0v) is 21.1. The van der Waals surface area contributed by atoms with Crippen LogP contribution in [-0.2, 0) is 4.79 Å². The second-order valence-corrected chi connectivity index (χ2v) is 9.61. The molecule has 0 radical (unpaired) electrons. The molecule has 0 aliphatic carbocycles. The zero-order chi connectivity index (χ0) is 22.5. The Hall–Kier alpha value is -1.91. The van der Waals surface area contributed by atoms with Gasteiger partial charge in [0.2, 0.25) is 5.91 Å². The van der Waals surface area contributed by atoms with E-state index in [0.717, 1.165) is 22.3 Å². The van der Waals surface area contributed by atoms with Crippen molar-refractivity contribution in [3.8, 4) is 0 Å². The Labute approximate surface area is 206 Å². The lowest BCUT2D eigenvalue weighted by Gasteiger charge is -2.37. The number of rotatable bonds is 4. The molecule has 2 aromatic carbocycles. The molecular formula is C22H24ClIN4O2S. The Balaban J connectivity index is 1.58. The molecule has 1 aliphatic rings. The van der Waals surface area contributed by atoms with Crippen LogP contribution in [0.1, 0.15) is 24.2 Å². The van der Waals surface area contributed by atoms with E-state index in [1.807, 2.05) is 43.0 Å². The molecule has 1 aliphatic heterocycles. The van der Waals surface area contributed by atoms with Gasteiger partial charge in [0.15, 0.2) is 5.11 Å². The number of piperazine rings is 1. The zero-order valence-electron chi connectivity index (χ0n) is 17.3. The molecule has 1 heterocycles. The van der Waals surface area contributed by atoms with Gasteiger partial charge in [-0.05, 0) is 71.2 Å². The van der Waals surface area contributed by atoms with Gasteiger partial charge in [0.1, 0.15) is 0 Å². The molecule has 3 rings (SSSR count). The van der Waals surface area contributed by atoms with E-state index < -0.39 is 0 Å². The Kier molecular flexibility index (Phi) is 8.12. The van der Waals surface area contributed by atoms with Gasteiger partial charge >= 0.3 is 0 Å². The summed E-state index contributed by atoms with van der Waals surface area (Å²) in [6.45, 7) is 6.67. The summed E-state index contributed by atoms with van der Waals surface area (Å²) in [5, 5.41) is 6.47. The molecule has 0 spiro atoms. The number of halogens is 2. The van der Waals surface area contributed by atoms with E-state index in [-0.39, 0.29) is 22.8 Å². The van der Waals surface area contributed by atoms with Crippen molar-refractivity contribution in [2.75, 3.05) is 36.4 Å². The number of nitrogens with one attached hydrogen (secondary N) is 2. The Morgan fingerprint density at radius 2 is 1.81 bits per heavy atom. The fourth-order valence-electron chi connectivity index (χ4n) is 3.34. The Morgan fingerprint density at radius 1 is 1.10 bits per heavy atom. The topological polar surface area (TPSA) is 64.7 Å². The van der Waals surface area contributed by atoms with Crippen molar-refractivity contribution in [3.05, 3.63) is 56.6 Å². The predicted molar refractivity (Wildman–Crippen MR) is 138 cm³/mol. The maximum atomic E-state index is 12.3. The third-order valence-corrected chi connectivity index (χ3v) is 6.12. The summed E-state index contributed by atoms with van der Waals surface area (Å²) in [7, 11) is 0. The van der Waals surface area contributed by atoms with Crippen molar-refractivity contribution in [3.63, 3.8) is 0 Å². The molecule has 2 aromatic rings. The van der Waals surface area contributed by atoms with E-state index in [1.54, 1.807) is 18.2 Å². The Morgan fingerprint density at radius 3 is 2.42 bits per heavy atom. The van der Waals surface area contributed by atoms with Gasteiger partial charge in [0.05, 0.1) is 10.7 Å². The summed E-state index contributed by atoms with van der Waals surface area (Å²) in [6, 6.07) is 12.8. The summed E-state index contributed by atoms with van der Waals surface area (Å²) in [6.07, 6.45) is 0. The minimum Gasteiger partial charge on any atom is -0.367 e. The summed E-state index contributed by atoms with van der Waals surface area (Å²) >= 11 is 13.9. The van der Waals surface area contributed by atoms with Gasteiger partial charge in [-0.25, -0.2) is 0 Å². The van der Waals surface area contributed by atoms with Crippen LogP contribution in [0.25, 0.3) is 0 Å². The summed E-state index contributed by atoms with van der Waals surface area (Å²) in [4.78, 5) is 28.6. The van der Waals surface area contributed by atoms with E-state index in [2.05, 4.69) is 38.1 Å². The number of thiocarbonyl (C=S) groups is 1. The molecule has 1 fully saturated rings. The predicted octanol–water partition coefficient (Wildman–Crippen LogP) is 4.38. The number of nitrogens with zero attached hydrogens (tertiary/aromatic N) is 2. The van der Waals surface area contributed by atoms with Crippen LogP contribution >= 0.6 is 46.4 Å². The van der Waals surface area contributed by atoms with Gasteiger partial charge in [-0.1, -0.05) is 31.5 Å². The third kappa shape index (κ3) is 6.30. The van der Waals surface area contributed by atoms with Gasteiger partial charge in [0, 0.05) is 46.9 Å². The number of anilines is 2. The van der Waals surface area contributed by atoms with E-state index in [1.165, 1.54) is 0 Å². The highest BCUT2D eigenvalue weighted by Gasteiger charge is 2.24. The first-order valence-electron chi connectivity index (χ1n) is 9.96. The van der Waals surface area contributed by atoms with Crippen LogP contribution in [0.2, 0.25) is 5.02 Å². The van der Waals surface area contributed by atoms with Crippen LogP contribution in [0.4, 0.5) is 11.4 Å². The van der Waals surface area contributed by atoms with Crippen molar-refractivity contribution < 1.29 is 9.59 Å². The first-order valence-corrected chi connectivity index (χ1v) is 11.8. The van der Waals surface area contributed by atoms with Crippen LogP contribution in [0, 0.1) is 9.49 Å². The summed E-state index contributed by atoms with van der Waals surface area (Å²) < 4.78 is 0.973. The molecule has 2 amide bonds. The SMILES string of the molecule is CC(C)C(=O)N1CCN(c2ccc(NC(=S)NC(=O)c3cccc(I)c3)cc2Cl)CC1. The number of amides is 2. The van der Waals surface area contributed by atoms with Crippen molar-refractivity contribution in [1.82, 2.24) is 10.2 Å². The second kappa shape index (κ2) is 10.6. The average Bonchev–Trinajstić information content (AvgIpc) is 2.73. The van der Waals surface area contributed by atoms with Crippen LogP contribution in [-0.4, -0.2) is 48.0 Å².